The van der Waals surface area contributed by atoms with Crippen molar-refractivity contribution in [3.05, 3.63) is 92.3 Å². The average molecular weight is 522 g/mol. The number of nitrogens with zero attached hydrogens (tertiary/aromatic N) is 2. The van der Waals surface area contributed by atoms with Crippen molar-refractivity contribution in [2.75, 3.05) is 6.54 Å². The maximum atomic E-state index is 12.7. The number of benzene rings is 2. The number of aromatic amines is 1. The summed E-state index contributed by atoms with van der Waals surface area (Å²) in [6.07, 6.45) is 4.27. The number of fused-ring (bicyclic) bond motifs is 1. The highest BCUT2D eigenvalue weighted by Crippen LogP contribution is 2.28. The number of carbonyl (C=O) groups excluding carboxylic acids is 1. The SMILES string of the molecule is Cc1cc(/C=C(/C#N)C(=O)NCCc2c[nH]c3ccccc23)c(C)n1-c1ccc(Br)c(Cl)c1. The van der Waals surface area contributed by atoms with Gasteiger partial charge in [-0.2, -0.15) is 5.26 Å². The molecule has 0 radical (unpaired) electrons. The standard InChI is InChI=1S/C26H22BrClN4O/c1-16-11-19(17(2)32(16)21-7-8-23(27)24(28)13-21)12-20(14-29)26(33)30-10-9-18-15-31-25-6-4-3-5-22(18)25/h3-8,11-13,15,31H,9-10H2,1-2H3,(H,30,33)/b20-12-. The number of aromatic nitrogens is 2. The molecule has 0 fully saturated rings. The second-order valence-corrected chi connectivity index (χ2v) is 9.06. The minimum absolute atomic E-state index is 0.0722. The average Bonchev–Trinajstić information content (AvgIpc) is 3.34. The molecule has 7 heteroatoms. The third-order valence-electron chi connectivity index (χ3n) is 5.65. The van der Waals surface area contributed by atoms with E-state index in [1.165, 1.54) is 0 Å². The van der Waals surface area contributed by atoms with Gasteiger partial charge in [-0.15, -0.1) is 0 Å². The van der Waals surface area contributed by atoms with Gasteiger partial charge in [0.15, 0.2) is 0 Å². The van der Waals surface area contributed by atoms with Crippen molar-refractivity contribution in [2.45, 2.75) is 20.3 Å². The zero-order chi connectivity index (χ0) is 23.5. The number of nitrogens with one attached hydrogen (secondary N) is 2. The Labute approximate surface area is 205 Å². The molecule has 2 heterocycles. The molecule has 0 atom stereocenters. The molecule has 0 bridgehead atoms. The lowest BCUT2D eigenvalue weighted by Crippen LogP contribution is -2.26. The van der Waals surface area contributed by atoms with Crippen molar-refractivity contribution in [1.29, 1.82) is 5.26 Å². The van der Waals surface area contributed by atoms with Crippen LogP contribution in [0.2, 0.25) is 5.02 Å². The van der Waals surface area contributed by atoms with Crippen LogP contribution in [-0.2, 0) is 11.2 Å². The van der Waals surface area contributed by atoms with Gasteiger partial charge >= 0.3 is 0 Å². The fourth-order valence-electron chi connectivity index (χ4n) is 4.00. The third kappa shape index (κ3) is 4.75. The van der Waals surface area contributed by atoms with E-state index in [0.717, 1.165) is 43.6 Å². The Hall–Kier alpha value is -3.27. The van der Waals surface area contributed by atoms with Crippen LogP contribution in [-0.4, -0.2) is 22.0 Å². The minimum Gasteiger partial charge on any atom is -0.361 e. The van der Waals surface area contributed by atoms with E-state index in [0.29, 0.717) is 18.0 Å². The van der Waals surface area contributed by atoms with Gasteiger partial charge in [-0.3, -0.25) is 4.79 Å². The zero-order valence-corrected chi connectivity index (χ0v) is 20.6. The van der Waals surface area contributed by atoms with Crippen molar-refractivity contribution in [3.8, 4) is 11.8 Å². The highest BCUT2D eigenvalue weighted by atomic mass is 79.9. The van der Waals surface area contributed by atoms with E-state index in [1.807, 2.05) is 73.1 Å². The minimum atomic E-state index is -0.381. The molecule has 0 aliphatic rings. The molecule has 4 aromatic rings. The Morgan fingerprint density at radius 2 is 2.03 bits per heavy atom. The summed E-state index contributed by atoms with van der Waals surface area (Å²) in [6, 6.07) is 17.8. The van der Waals surface area contributed by atoms with Gasteiger partial charge in [0.05, 0.1) is 5.02 Å². The second kappa shape index (κ2) is 9.70. The van der Waals surface area contributed by atoms with Crippen molar-refractivity contribution < 1.29 is 4.79 Å². The molecule has 2 N–H and O–H groups in total. The van der Waals surface area contributed by atoms with E-state index < -0.39 is 0 Å². The number of amides is 1. The van der Waals surface area contributed by atoms with Gasteiger partial charge in [0.25, 0.3) is 5.91 Å². The smallest absolute Gasteiger partial charge is 0.261 e. The molecule has 166 valence electrons. The molecule has 2 aromatic heterocycles. The molecular formula is C26H22BrClN4O. The topological polar surface area (TPSA) is 73.6 Å². The molecule has 1 amide bonds. The fraction of sp³-hybridized carbons (Fsp3) is 0.154. The van der Waals surface area contributed by atoms with E-state index >= 15 is 0 Å². The molecule has 33 heavy (non-hydrogen) atoms. The first kappa shape index (κ1) is 22.9. The van der Waals surface area contributed by atoms with Crippen molar-refractivity contribution in [3.63, 3.8) is 0 Å². The number of hydrogen-bond acceptors (Lipinski definition) is 2. The Kier molecular flexibility index (Phi) is 6.73. The summed E-state index contributed by atoms with van der Waals surface area (Å²) in [5.41, 5.74) is 5.90. The zero-order valence-electron chi connectivity index (χ0n) is 18.2. The summed E-state index contributed by atoms with van der Waals surface area (Å²) < 4.78 is 2.88. The van der Waals surface area contributed by atoms with Crippen molar-refractivity contribution in [2.24, 2.45) is 0 Å². The van der Waals surface area contributed by atoms with Crippen molar-refractivity contribution >= 4 is 50.4 Å². The first-order valence-corrected chi connectivity index (χ1v) is 11.7. The molecular weight excluding hydrogens is 500 g/mol. The van der Waals surface area contributed by atoms with Crippen LogP contribution < -0.4 is 5.32 Å². The maximum Gasteiger partial charge on any atom is 0.261 e. The third-order valence-corrected chi connectivity index (χ3v) is 6.88. The highest BCUT2D eigenvalue weighted by Gasteiger charge is 2.14. The summed E-state index contributed by atoms with van der Waals surface area (Å²) in [4.78, 5) is 15.9. The normalized spacial score (nSPS) is 11.5. The first-order chi connectivity index (χ1) is 15.9. The summed E-state index contributed by atoms with van der Waals surface area (Å²) in [7, 11) is 0. The highest BCUT2D eigenvalue weighted by molar-refractivity contribution is 9.10. The lowest BCUT2D eigenvalue weighted by molar-refractivity contribution is -0.117. The largest absolute Gasteiger partial charge is 0.361 e. The van der Waals surface area contributed by atoms with E-state index in [1.54, 1.807) is 6.08 Å². The van der Waals surface area contributed by atoms with Crippen LogP contribution in [0.25, 0.3) is 22.7 Å². The van der Waals surface area contributed by atoms with Crippen molar-refractivity contribution in [1.82, 2.24) is 14.9 Å². The fourth-order valence-corrected chi connectivity index (χ4v) is 4.43. The van der Waals surface area contributed by atoms with Gasteiger partial charge in [-0.25, -0.2) is 0 Å². The van der Waals surface area contributed by atoms with Crippen LogP contribution in [0.1, 0.15) is 22.5 Å². The maximum absolute atomic E-state index is 12.7. The number of nitriles is 1. The summed E-state index contributed by atoms with van der Waals surface area (Å²) in [5, 5.41) is 14.2. The molecule has 0 aliphatic heterocycles. The van der Waals surface area contributed by atoms with E-state index in [9.17, 15) is 10.1 Å². The van der Waals surface area contributed by atoms with E-state index in [-0.39, 0.29) is 11.5 Å². The monoisotopic (exact) mass is 520 g/mol. The van der Waals surface area contributed by atoms with Gasteiger partial charge in [-0.05, 0) is 83.7 Å². The summed E-state index contributed by atoms with van der Waals surface area (Å²) >= 11 is 9.69. The number of hydrogen-bond donors (Lipinski definition) is 2. The van der Waals surface area contributed by atoms with E-state index in [4.69, 9.17) is 11.6 Å². The number of halogens is 2. The Morgan fingerprint density at radius 1 is 1.24 bits per heavy atom. The van der Waals surface area contributed by atoms with Crippen LogP contribution in [0.3, 0.4) is 0 Å². The van der Waals surface area contributed by atoms with Crippen LogP contribution in [0, 0.1) is 25.2 Å². The Bertz CT molecular complexity index is 1420. The van der Waals surface area contributed by atoms with E-state index in [2.05, 4.69) is 32.3 Å². The number of rotatable bonds is 6. The molecule has 0 unspecified atom stereocenters. The molecule has 4 rings (SSSR count). The van der Waals surface area contributed by atoms with Gasteiger partial charge in [-0.1, -0.05) is 29.8 Å². The first-order valence-electron chi connectivity index (χ1n) is 10.5. The van der Waals surface area contributed by atoms with Gasteiger partial charge in [0.2, 0.25) is 0 Å². The summed E-state index contributed by atoms with van der Waals surface area (Å²) in [5.74, 6) is -0.381. The Balaban J connectivity index is 1.50. The van der Waals surface area contributed by atoms with Gasteiger partial charge in [0, 0.05) is 45.2 Å². The lowest BCUT2D eigenvalue weighted by Gasteiger charge is -2.11. The number of carbonyl (C=O) groups is 1. The second-order valence-electron chi connectivity index (χ2n) is 7.80. The number of para-hydroxylation sites is 1. The number of H-pyrrole nitrogens is 1. The quantitative estimate of drug-likeness (QED) is 0.232. The molecule has 5 nitrogen and oxygen atoms in total. The predicted octanol–water partition coefficient (Wildman–Crippen LogP) is 6.26. The lowest BCUT2D eigenvalue weighted by atomic mass is 10.1. The summed E-state index contributed by atoms with van der Waals surface area (Å²) in [6.45, 7) is 4.38. The number of aryl methyl sites for hydroxylation is 1. The van der Waals surface area contributed by atoms with Crippen LogP contribution in [0.15, 0.2) is 64.8 Å². The van der Waals surface area contributed by atoms with Gasteiger partial charge < -0.3 is 14.9 Å². The molecule has 0 saturated carbocycles. The van der Waals surface area contributed by atoms with Gasteiger partial charge in [0.1, 0.15) is 11.6 Å². The van der Waals surface area contributed by atoms with Crippen LogP contribution in [0.5, 0.6) is 0 Å². The molecule has 0 saturated heterocycles. The Morgan fingerprint density at radius 3 is 2.79 bits per heavy atom. The van der Waals surface area contributed by atoms with Crippen LogP contribution >= 0.6 is 27.5 Å². The van der Waals surface area contributed by atoms with Crippen LogP contribution in [0.4, 0.5) is 0 Å². The predicted molar refractivity (Wildman–Crippen MR) is 137 cm³/mol. The molecule has 0 spiro atoms. The molecule has 0 aliphatic carbocycles. The molecule has 2 aromatic carbocycles.